The minimum atomic E-state index is -0.649. The standard InChI is InChI=1S/C23H23N3O7S/c1-30-21-9-19(20(26(28)29)10-22(21)33-11-16-13-34-14-24-16)23(27)25-15-4-6-17(7-5-15)32-12-18-3-2-8-31-18/h4-7,9-10,13-14,18H,2-3,8,11-12H2,1H3,(H,25,27). The second-order valence-electron chi connectivity index (χ2n) is 7.47. The number of ether oxygens (including phenoxy) is 4. The van der Waals surface area contributed by atoms with Crippen molar-refractivity contribution < 1.29 is 28.7 Å². The fourth-order valence-corrected chi connectivity index (χ4v) is 3.96. The molecule has 1 aromatic heterocycles. The van der Waals surface area contributed by atoms with Gasteiger partial charge in [0.25, 0.3) is 11.6 Å². The van der Waals surface area contributed by atoms with Crippen LogP contribution in [0.1, 0.15) is 28.9 Å². The normalized spacial score (nSPS) is 15.0. The summed E-state index contributed by atoms with van der Waals surface area (Å²) in [7, 11) is 1.40. The van der Waals surface area contributed by atoms with Gasteiger partial charge in [-0.05, 0) is 37.1 Å². The summed E-state index contributed by atoms with van der Waals surface area (Å²) in [5, 5.41) is 16.2. The minimum absolute atomic E-state index is 0.100. The number of amides is 1. The van der Waals surface area contributed by atoms with Crippen molar-refractivity contribution in [2.24, 2.45) is 0 Å². The molecule has 178 valence electrons. The highest BCUT2D eigenvalue weighted by Crippen LogP contribution is 2.35. The zero-order chi connectivity index (χ0) is 23.9. The van der Waals surface area contributed by atoms with Gasteiger partial charge >= 0.3 is 0 Å². The second kappa shape index (κ2) is 10.9. The summed E-state index contributed by atoms with van der Waals surface area (Å²) in [5.41, 5.74) is 2.25. The molecule has 0 radical (unpaired) electrons. The van der Waals surface area contributed by atoms with E-state index in [-0.39, 0.29) is 29.8 Å². The van der Waals surface area contributed by atoms with E-state index in [1.165, 1.54) is 30.6 Å². The fraction of sp³-hybridized carbons (Fsp3) is 0.304. The van der Waals surface area contributed by atoms with Crippen LogP contribution >= 0.6 is 11.3 Å². The predicted octanol–water partition coefficient (Wildman–Crippen LogP) is 4.45. The van der Waals surface area contributed by atoms with Crippen LogP contribution in [0.15, 0.2) is 47.3 Å². The van der Waals surface area contributed by atoms with E-state index in [1.54, 1.807) is 29.8 Å². The van der Waals surface area contributed by atoms with Gasteiger partial charge in [-0.2, -0.15) is 0 Å². The Balaban J connectivity index is 1.46. The number of thiazole rings is 1. The van der Waals surface area contributed by atoms with Crippen molar-refractivity contribution in [1.29, 1.82) is 0 Å². The van der Waals surface area contributed by atoms with Gasteiger partial charge in [0.1, 0.15) is 24.5 Å². The van der Waals surface area contributed by atoms with Gasteiger partial charge in [-0.25, -0.2) is 4.98 Å². The number of aromatic nitrogens is 1. The van der Waals surface area contributed by atoms with Crippen molar-refractivity contribution in [2.75, 3.05) is 25.6 Å². The third kappa shape index (κ3) is 5.80. The van der Waals surface area contributed by atoms with E-state index in [4.69, 9.17) is 18.9 Å². The lowest BCUT2D eigenvalue weighted by Crippen LogP contribution is -2.16. The van der Waals surface area contributed by atoms with Crippen LogP contribution in [-0.4, -0.2) is 42.2 Å². The van der Waals surface area contributed by atoms with Crippen LogP contribution in [0.3, 0.4) is 0 Å². The third-order valence-electron chi connectivity index (χ3n) is 5.15. The Morgan fingerprint density at radius 3 is 2.74 bits per heavy atom. The zero-order valence-electron chi connectivity index (χ0n) is 18.4. The Morgan fingerprint density at radius 2 is 2.09 bits per heavy atom. The molecule has 1 atom stereocenters. The van der Waals surface area contributed by atoms with Gasteiger partial charge in [0.05, 0.1) is 35.4 Å². The Hall–Kier alpha value is -3.70. The molecule has 2 heterocycles. The summed E-state index contributed by atoms with van der Waals surface area (Å²) >= 11 is 1.41. The Kier molecular flexibility index (Phi) is 7.55. The molecule has 1 aliphatic rings. The molecular weight excluding hydrogens is 462 g/mol. The number of carbonyl (C=O) groups is 1. The number of hydrogen-bond donors (Lipinski definition) is 1. The molecule has 2 aromatic carbocycles. The molecule has 1 saturated heterocycles. The van der Waals surface area contributed by atoms with Gasteiger partial charge in [0, 0.05) is 23.7 Å². The molecule has 1 aliphatic heterocycles. The number of methoxy groups -OCH3 is 1. The number of carbonyl (C=O) groups excluding carboxylic acids is 1. The number of rotatable bonds is 10. The molecular formula is C23H23N3O7S. The molecule has 0 aliphatic carbocycles. The van der Waals surface area contributed by atoms with E-state index >= 15 is 0 Å². The lowest BCUT2D eigenvalue weighted by atomic mass is 10.1. The number of hydrogen-bond acceptors (Lipinski definition) is 9. The summed E-state index contributed by atoms with van der Waals surface area (Å²) in [4.78, 5) is 28.0. The fourth-order valence-electron chi connectivity index (χ4n) is 3.41. The van der Waals surface area contributed by atoms with Crippen molar-refractivity contribution in [1.82, 2.24) is 4.98 Å². The molecule has 11 heteroatoms. The van der Waals surface area contributed by atoms with Gasteiger partial charge in [0.2, 0.25) is 0 Å². The zero-order valence-corrected chi connectivity index (χ0v) is 19.2. The number of nitrogens with zero attached hydrogens (tertiary/aromatic N) is 2. The highest BCUT2D eigenvalue weighted by molar-refractivity contribution is 7.07. The molecule has 1 amide bonds. The third-order valence-corrected chi connectivity index (χ3v) is 5.79. The first-order chi connectivity index (χ1) is 16.5. The average molecular weight is 486 g/mol. The topological polar surface area (TPSA) is 122 Å². The van der Waals surface area contributed by atoms with E-state index in [2.05, 4.69) is 10.3 Å². The minimum Gasteiger partial charge on any atom is -0.493 e. The number of nitrogens with one attached hydrogen (secondary N) is 1. The summed E-state index contributed by atoms with van der Waals surface area (Å²) < 4.78 is 22.2. The van der Waals surface area contributed by atoms with Crippen molar-refractivity contribution in [2.45, 2.75) is 25.6 Å². The van der Waals surface area contributed by atoms with Gasteiger partial charge in [-0.3, -0.25) is 14.9 Å². The van der Waals surface area contributed by atoms with E-state index in [0.29, 0.717) is 23.7 Å². The summed E-state index contributed by atoms with van der Waals surface area (Å²) in [6, 6.07) is 9.24. The molecule has 0 bridgehead atoms. The SMILES string of the molecule is COc1cc(C(=O)Nc2ccc(OCC3CCCO3)cc2)c([N+](=O)[O-])cc1OCc1cscn1. The Labute approximate surface area is 199 Å². The van der Waals surface area contributed by atoms with E-state index in [0.717, 1.165) is 19.4 Å². The van der Waals surface area contributed by atoms with Crippen LogP contribution in [0.4, 0.5) is 11.4 Å². The van der Waals surface area contributed by atoms with Gasteiger partial charge in [-0.1, -0.05) is 0 Å². The summed E-state index contributed by atoms with van der Waals surface area (Å²) in [5.74, 6) is 0.335. The van der Waals surface area contributed by atoms with E-state index in [9.17, 15) is 14.9 Å². The Bertz CT molecular complexity index is 1130. The number of benzene rings is 2. The smallest absolute Gasteiger partial charge is 0.286 e. The van der Waals surface area contributed by atoms with Crippen LogP contribution in [0.25, 0.3) is 0 Å². The molecule has 1 fully saturated rings. The van der Waals surface area contributed by atoms with Crippen LogP contribution in [0.5, 0.6) is 17.2 Å². The molecule has 1 N–H and O–H groups in total. The lowest BCUT2D eigenvalue weighted by Gasteiger charge is -2.13. The number of anilines is 1. The first-order valence-electron chi connectivity index (χ1n) is 10.6. The lowest BCUT2D eigenvalue weighted by molar-refractivity contribution is -0.385. The first kappa shape index (κ1) is 23.5. The first-order valence-corrected chi connectivity index (χ1v) is 11.5. The van der Waals surface area contributed by atoms with Gasteiger partial charge in [0.15, 0.2) is 11.5 Å². The molecule has 3 aromatic rings. The molecule has 1 unspecified atom stereocenters. The summed E-state index contributed by atoms with van der Waals surface area (Å²) in [6.45, 7) is 1.34. The molecule has 10 nitrogen and oxygen atoms in total. The quantitative estimate of drug-likeness (QED) is 0.330. The van der Waals surface area contributed by atoms with E-state index < -0.39 is 16.5 Å². The van der Waals surface area contributed by atoms with Crippen molar-refractivity contribution in [3.8, 4) is 17.2 Å². The van der Waals surface area contributed by atoms with Gasteiger partial charge < -0.3 is 24.3 Å². The Morgan fingerprint density at radius 1 is 1.26 bits per heavy atom. The number of nitro benzene ring substituents is 1. The highest BCUT2D eigenvalue weighted by atomic mass is 32.1. The van der Waals surface area contributed by atoms with Crippen LogP contribution in [-0.2, 0) is 11.3 Å². The van der Waals surface area contributed by atoms with Crippen molar-refractivity contribution in [3.63, 3.8) is 0 Å². The van der Waals surface area contributed by atoms with Crippen molar-refractivity contribution in [3.05, 3.63) is 68.7 Å². The highest BCUT2D eigenvalue weighted by Gasteiger charge is 2.25. The van der Waals surface area contributed by atoms with Crippen LogP contribution in [0, 0.1) is 10.1 Å². The predicted molar refractivity (Wildman–Crippen MR) is 125 cm³/mol. The van der Waals surface area contributed by atoms with Crippen LogP contribution < -0.4 is 19.5 Å². The molecule has 0 saturated carbocycles. The maximum atomic E-state index is 12.9. The van der Waals surface area contributed by atoms with Gasteiger partial charge in [-0.15, -0.1) is 11.3 Å². The van der Waals surface area contributed by atoms with Crippen LogP contribution in [0.2, 0.25) is 0 Å². The average Bonchev–Trinajstić information content (AvgIpc) is 3.56. The largest absolute Gasteiger partial charge is 0.493 e. The molecule has 34 heavy (non-hydrogen) atoms. The summed E-state index contributed by atoms with van der Waals surface area (Å²) in [6.07, 6.45) is 2.11. The maximum absolute atomic E-state index is 12.9. The van der Waals surface area contributed by atoms with Crippen molar-refractivity contribution >= 4 is 28.6 Å². The maximum Gasteiger partial charge on any atom is 0.286 e. The second-order valence-corrected chi connectivity index (χ2v) is 8.19. The number of nitro groups is 1. The molecule has 0 spiro atoms. The monoisotopic (exact) mass is 485 g/mol. The van der Waals surface area contributed by atoms with E-state index in [1.807, 2.05) is 5.38 Å². The molecule has 4 rings (SSSR count).